The summed E-state index contributed by atoms with van der Waals surface area (Å²) in [6.07, 6.45) is 1.09. The van der Waals surface area contributed by atoms with Crippen LogP contribution in [0.2, 0.25) is 5.02 Å². The van der Waals surface area contributed by atoms with Crippen LogP contribution in [0.1, 0.15) is 30.5 Å². The van der Waals surface area contributed by atoms with E-state index >= 15 is 0 Å². The van der Waals surface area contributed by atoms with E-state index in [1.807, 2.05) is 31.2 Å². The Kier molecular flexibility index (Phi) is 7.43. The highest BCUT2D eigenvalue weighted by atomic mass is 35.5. The highest BCUT2D eigenvalue weighted by molar-refractivity contribution is 6.30. The highest BCUT2D eigenvalue weighted by Crippen LogP contribution is 2.39. The molecule has 5 nitrogen and oxygen atoms in total. The molecule has 0 saturated carbocycles. The molecule has 2 aromatic rings. The topological polar surface area (TPSA) is 43.0 Å². The molecule has 0 aromatic heterocycles. The van der Waals surface area contributed by atoms with E-state index in [0.717, 1.165) is 61.0 Å². The Labute approximate surface area is 172 Å². The average molecular weight is 405 g/mol. The summed E-state index contributed by atoms with van der Waals surface area (Å²) >= 11 is 6.37. The number of halogens is 1. The standard InChI is InChI=1S/C22H29ClN2O3/c1-4-28-21-14-16(6-8-20(21)27-3)22(25-12-5-10-24-11-13-25)18-15-17(23)7-9-19(18)26-2/h6-9,14-15,22,24H,4-5,10-13H2,1-3H3. The van der Waals surface area contributed by atoms with E-state index in [0.29, 0.717) is 11.6 Å². The first-order valence-electron chi connectivity index (χ1n) is 9.76. The number of rotatable bonds is 7. The van der Waals surface area contributed by atoms with Gasteiger partial charge in [0, 0.05) is 30.2 Å². The van der Waals surface area contributed by atoms with Crippen LogP contribution in [0.4, 0.5) is 0 Å². The number of nitrogens with zero attached hydrogens (tertiary/aromatic N) is 1. The molecule has 3 rings (SSSR count). The molecule has 1 saturated heterocycles. The zero-order chi connectivity index (χ0) is 19.9. The smallest absolute Gasteiger partial charge is 0.161 e. The van der Waals surface area contributed by atoms with E-state index in [1.54, 1.807) is 14.2 Å². The van der Waals surface area contributed by atoms with Gasteiger partial charge in [-0.25, -0.2) is 0 Å². The van der Waals surface area contributed by atoms with Crippen molar-refractivity contribution in [3.8, 4) is 17.2 Å². The zero-order valence-corrected chi connectivity index (χ0v) is 17.6. The Morgan fingerprint density at radius 2 is 1.79 bits per heavy atom. The van der Waals surface area contributed by atoms with Crippen molar-refractivity contribution in [2.24, 2.45) is 0 Å². The zero-order valence-electron chi connectivity index (χ0n) is 16.8. The maximum atomic E-state index is 6.37. The largest absolute Gasteiger partial charge is 0.496 e. The minimum Gasteiger partial charge on any atom is -0.496 e. The molecule has 6 heteroatoms. The number of methoxy groups -OCH3 is 2. The van der Waals surface area contributed by atoms with Crippen molar-refractivity contribution in [1.29, 1.82) is 0 Å². The van der Waals surface area contributed by atoms with E-state index in [-0.39, 0.29) is 6.04 Å². The fourth-order valence-corrected chi connectivity index (χ4v) is 3.94. The van der Waals surface area contributed by atoms with Crippen molar-refractivity contribution >= 4 is 11.6 Å². The fourth-order valence-electron chi connectivity index (χ4n) is 3.76. The van der Waals surface area contributed by atoms with Crippen molar-refractivity contribution in [2.75, 3.05) is 47.0 Å². The summed E-state index contributed by atoms with van der Waals surface area (Å²) in [4.78, 5) is 2.48. The summed E-state index contributed by atoms with van der Waals surface area (Å²) < 4.78 is 17.0. The lowest BCUT2D eigenvalue weighted by molar-refractivity contribution is 0.235. The number of hydrogen-bond donors (Lipinski definition) is 1. The minimum atomic E-state index is 0.0127. The first kappa shape index (κ1) is 20.8. The SMILES string of the molecule is CCOc1cc(C(c2cc(Cl)ccc2OC)N2CCCNCC2)ccc1OC. The third-order valence-electron chi connectivity index (χ3n) is 5.03. The maximum absolute atomic E-state index is 6.37. The molecule has 1 atom stereocenters. The van der Waals surface area contributed by atoms with Crippen LogP contribution in [-0.2, 0) is 0 Å². The second-order valence-electron chi connectivity index (χ2n) is 6.77. The number of benzene rings is 2. The van der Waals surface area contributed by atoms with Crippen molar-refractivity contribution in [1.82, 2.24) is 10.2 Å². The lowest BCUT2D eigenvalue weighted by Gasteiger charge is -2.32. The van der Waals surface area contributed by atoms with E-state index in [9.17, 15) is 0 Å². The number of nitrogens with one attached hydrogen (secondary N) is 1. The van der Waals surface area contributed by atoms with E-state index in [2.05, 4.69) is 22.3 Å². The van der Waals surface area contributed by atoms with E-state index in [4.69, 9.17) is 25.8 Å². The van der Waals surface area contributed by atoms with Crippen LogP contribution in [0, 0.1) is 0 Å². The first-order chi connectivity index (χ1) is 13.7. The Hall–Kier alpha value is -1.95. The van der Waals surface area contributed by atoms with Crippen molar-refractivity contribution in [2.45, 2.75) is 19.4 Å². The molecule has 1 N–H and O–H groups in total. The van der Waals surface area contributed by atoms with Gasteiger partial charge in [0.1, 0.15) is 5.75 Å². The molecule has 0 amide bonds. The highest BCUT2D eigenvalue weighted by Gasteiger charge is 2.27. The molecule has 0 bridgehead atoms. The van der Waals surface area contributed by atoms with Crippen LogP contribution in [-0.4, -0.2) is 51.9 Å². The predicted octanol–water partition coefficient (Wildman–Crippen LogP) is 4.14. The molecule has 0 spiro atoms. The van der Waals surface area contributed by atoms with Gasteiger partial charge in [0.15, 0.2) is 11.5 Å². The third kappa shape index (κ3) is 4.72. The van der Waals surface area contributed by atoms with Gasteiger partial charge in [-0.1, -0.05) is 17.7 Å². The Balaban J connectivity index is 2.11. The summed E-state index contributed by atoms with van der Waals surface area (Å²) in [6.45, 7) is 6.47. The van der Waals surface area contributed by atoms with Crippen molar-refractivity contribution in [3.05, 3.63) is 52.5 Å². The van der Waals surface area contributed by atoms with Crippen LogP contribution >= 0.6 is 11.6 Å². The van der Waals surface area contributed by atoms with Gasteiger partial charge in [-0.05, 0) is 55.8 Å². The molecule has 1 aliphatic heterocycles. The molecule has 0 aliphatic carbocycles. The molecule has 2 aromatic carbocycles. The predicted molar refractivity (Wildman–Crippen MR) is 113 cm³/mol. The number of ether oxygens (including phenoxy) is 3. The summed E-state index contributed by atoms with van der Waals surface area (Å²) in [7, 11) is 3.36. The average Bonchev–Trinajstić information content (AvgIpc) is 2.98. The van der Waals surface area contributed by atoms with Gasteiger partial charge in [0.25, 0.3) is 0 Å². The third-order valence-corrected chi connectivity index (χ3v) is 5.26. The van der Waals surface area contributed by atoms with Crippen LogP contribution in [0.15, 0.2) is 36.4 Å². The molecular weight excluding hydrogens is 376 g/mol. The maximum Gasteiger partial charge on any atom is 0.161 e. The molecule has 1 fully saturated rings. The second kappa shape index (κ2) is 10.0. The fraction of sp³-hybridized carbons (Fsp3) is 0.455. The van der Waals surface area contributed by atoms with Gasteiger partial charge in [-0.3, -0.25) is 4.90 Å². The van der Waals surface area contributed by atoms with Crippen molar-refractivity contribution in [3.63, 3.8) is 0 Å². The summed E-state index contributed by atoms with van der Waals surface area (Å²) in [5.74, 6) is 2.32. The quantitative estimate of drug-likeness (QED) is 0.751. The monoisotopic (exact) mass is 404 g/mol. The van der Waals surface area contributed by atoms with Crippen LogP contribution in [0.25, 0.3) is 0 Å². The Bertz CT molecular complexity index is 776. The van der Waals surface area contributed by atoms with Gasteiger partial charge in [0.2, 0.25) is 0 Å². The molecule has 1 heterocycles. The normalized spacial score (nSPS) is 16.3. The minimum absolute atomic E-state index is 0.0127. The molecule has 28 heavy (non-hydrogen) atoms. The molecular formula is C22H29ClN2O3. The van der Waals surface area contributed by atoms with Gasteiger partial charge in [0.05, 0.1) is 26.9 Å². The van der Waals surface area contributed by atoms with Gasteiger partial charge in [-0.15, -0.1) is 0 Å². The lowest BCUT2D eigenvalue weighted by atomic mass is 9.95. The summed E-state index contributed by atoms with van der Waals surface area (Å²) in [6, 6.07) is 12.0. The molecule has 1 unspecified atom stereocenters. The van der Waals surface area contributed by atoms with Gasteiger partial charge >= 0.3 is 0 Å². The first-order valence-corrected chi connectivity index (χ1v) is 10.1. The van der Waals surface area contributed by atoms with Gasteiger partial charge in [-0.2, -0.15) is 0 Å². The lowest BCUT2D eigenvalue weighted by Crippen LogP contribution is -2.33. The Morgan fingerprint density at radius 3 is 2.54 bits per heavy atom. The van der Waals surface area contributed by atoms with E-state index < -0.39 is 0 Å². The van der Waals surface area contributed by atoms with Crippen LogP contribution in [0.5, 0.6) is 17.2 Å². The molecule has 1 aliphatic rings. The van der Waals surface area contributed by atoms with Crippen LogP contribution in [0.3, 0.4) is 0 Å². The van der Waals surface area contributed by atoms with Crippen LogP contribution < -0.4 is 19.5 Å². The number of hydrogen-bond acceptors (Lipinski definition) is 5. The van der Waals surface area contributed by atoms with Gasteiger partial charge < -0.3 is 19.5 Å². The molecule has 0 radical (unpaired) electrons. The summed E-state index contributed by atoms with van der Waals surface area (Å²) in [5.41, 5.74) is 2.19. The van der Waals surface area contributed by atoms with Crippen molar-refractivity contribution < 1.29 is 14.2 Å². The second-order valence-corrected chi connectivity index (χ2v) is 7.21. The summed E-state index contributed by atoms with van der Waals surface area (Å²) in [5, 5.41) is 4.18. The Morgan fingerprint density at radius 1 is 1.00 bits per heavy atom. The molecule has 152 valence electrons. The van der Waals surface area contributed by atoms with E-state index in [1.165, 1.54) is 0 Å².